The minimum Gasteiger partial charge on any atom is -0.507 e. The van der Waals surface area contributed by atoms with Crippen molar-refractivity contribution >= 4 is 34.8 Å². The second-order valence-electron chi connectivity index (χ2n) is 3.94. The number of methoxy groups -OCH3 is 1. The number of nitrogens with one attached hydrogen (secondary N) is 1. The Morgan fingerprint density at radius 3 is 2.65 bits per heavy atom. The lowest BCUT2D eigenvalue weighted by molar-refractivity contribution is 0.102. The zero-order valence-corrected chi connectivity index (χ0v) is 12.0. The standard InChI is InChI=1S/C14H11Cl2NO3/c1-20-8-5-6-9(12(18)7-8)14(19)17-11-4-2-3-10(15)13(11)16/h2-7,18H,1H3,(H,17,19). The number of benzene rings is 2. The fraction of sp³-hybridized carbons (Fsp3) is 0.0714. The summed E-state index contributed by atoms with van der Waals surface area (Å²) in [7, 11) is 1.47. The number of hydrogen-bond donors (Lipinski definition) is 2. The molecule has 0 fully saturated rings. The third-order valence-corrected chi connectivity index (χ3v) is 3.47. The van der Waals surface area contributed by atoms with E-state index >= 15 is 0 Å². The largest absolute Gasteiger partial charge is 0.507 e. The van der Waals surface area contributed by atoms with Crippen LogP contribution < -0.4 is 10.1 Å². The first kappa shape index (κ1) is 14.5. The van der Waals surface area contributed by atoms with Crippen LogP contribution in [0.1, 0.15) is 10.4 Å². The smallest absolute Gasteiger partial charge is 0.259 e. The van der Waals surface area contributed by atoms with Crippen LogP contribution in [0.4, 0.5) is 5.69 Å². The third kappa shape index (κ3) is 2.98. The van der Waals surface area contributed by atoms with Crippen LogP contribution in [-0.4, -0.2) is 18.1 Å². The summed E-state index contributed by atoms with van der Waals surface area (Å²) in [6, 6.07) is 9.29. The highest BCUT2D eigenvalue weighted by molar-refractivity contribution is 6.44. The van der Waals surface area contributed by atoms with Crippen molar-refractivity contribution in [3.8, 4) is 11.5 Å². The van der Waals surface area contributed by atoms with Gasteiger partial charge < -0.3 is 15.2 Å². The Bertz CT molecular complexity index is 659. The molecule has 2 aromatic carbocycles. The van der Waals surface area contributed by atoms with E-state index in [1.807, 2.05) is 0 Å². The minimum atomic E-state index is -0.491. The zero-order valence-electron chi connectivity index (χ0n) is 10.5. The van der Waals surface area contributed by atoms with Crippen LogP contribution in [0.5, 0.6) is 11.5 Å². The molecule has 20 heavy (non-hydrogen) atoms. The summed E-state index contributed by atoms with van der Waals surface area (Å²) in [5.74, 6) is -0.214. The van der Waals surface area contributed by atoms with Crippen molar-refractivity contribution < 1.29 is 14.6 Å². The summed E-state index contributed by atoms with van der Waals surface area (Å²) in [4.78, 5) is 12.1. The van der Waals surface area contributed by atoms with E-state index in [2.05, 4.69) is 5.32 Å². The molecule has 0 spiro atoms. The van der Waals surface area contributed by atoms with E-state index in [1.165, 1.54) is 19.2 Å². The molecule has 2 aromatic rings. The molecule has 6 heteroatoms. The lowest BCUT2D eigenvalue weighted by Gasteiger charge is -2.10. The molecule has 0 atom stereocenters. The van der Waals surface area contributed by atoms with E-state index in [1.54, 1.807) is 24.3 Å². The first-order chi connectivity index (χ1) is 9.52. The first-order valence-corrected chi connectivity index (χ1v) is 6.41. The molecule has 4 nitrogen and oxygen atoms in total. The topological polar surface area (TPSA) is 58.6 Å². The summed E-state index contributed by atoms with van der Waals surface area (Å²) in [6.45, 7) is 0. The second kappa shape index (κ2) is 6.03. The maximum atomic E-state index is 12.1. The molecule has 0 bridgehead atoms. The molecule has 0 unspecified atom stereocenters. The lowest BCUT2D eigenvalue weighted by Crippen LogP contribution is -2.12. The number of rotatable bonds is 3. The van der Waals surface area contributed by atoms with Crippen LogP contribution >= 0.6 is 23.2 Å². The molecule has 0 aliphatic rings. The number of aromatic hydroxyl groups is 1. The van der Waals surface area contributed by atoms with Gasteiger partial charge in [0.2, 0.25) is 0 Å². The third-order valence-electron chi connectivity index (χ3n) is 2.65. The van der Waals surface area contributed by atoms with Gasteiger partial charge in [-0.3, -0.25) is 4.79 Å². The highest BCUT2D eigenvalue weighted by atomic mass is 35.5. The van der Waals surface area contributed by atoms with Gasteiger partial charge in [-0.15, -0.1) is 0 Å². The monoisotopic (exact) mass is 311 g/mol. The number of amides is 1. The number of ether oxygens (including phenoxy) is 1. The van der Waals surface area contributed by atoms with Gasteiger partial charge in [0.15, 0.2) is 0 Å². The number of phenols is 1. The summed E-state index contributed by atoms with van der Waals surface area (Å²) >= 11 is 11.8. The summed E-state index contributed by atoms with van der Waals surface area (Å²) in [6.07, 6.45) is 0. The molecule has 0 aliphatic heterocycles. The number of carbonyl (C=O) groups excluding carboxylic acids is 1. The fourth-order valence-corrected chi connectivity index (χ4v) is 1.97. The van der Waals surface area contributed by atoms with E-state index in [4.69, 9.17) is 27.9 Å². The number of phenolic OH excluding ortho intramolecular Hbond substituents is 1. The Kier molecular flexibility index (Phi) is 4.37. The zero-order chi connectivity index (χ0) is 14.7. The quantitative estimate of drug-likeness (QED) is 0.902. The van der Waals surface area contributed by atoms with Crippen LogP contribution in [-0.2, 0) is 0 Å². The second-order valence-corrected chi connectivity index (χ2v) is 4.72. The van der Waals surface area contributed by atoms with Crippen LogP contribution in [0.3, 0.4) is 0 Å². The molecule has 0 heterocycles. The predicted octanol–water partition coefficient (Wildman–Crippen LogP) is 3.96. The molecule has 2 rings (SSSR count). The summed E-state index contributed by atoms with van der Waals surface area (Å²) in [5.41, 5.74) is 0.487. The molecule has 0 radical (unpaired) electrons. The SMILES string of the molecule is COc1ccc(C(=O)Nc2cccc(Cl)c2Cl)c(O)c1. The van der Waals surface area contributed by atoms with Gasteiger partial charge in [0.25, 0.3) is 5.91 Å². The first-order valence-electron chi connectivity index (χ1n) is 5.65. The van der Waals surface area contributed by atoms with Gasteiger partial charge in [0, 0.05) is 6.07 Å². The van der Waals surface area contributed by atoms with Crippen molar-refractivity contribution in [2.24, 2.45) is 0 Å². The number of hydrogen-bond acceptors (Lipinski definition) is 3. The summed E-state index contributed by atoms with van der Waals surface area (Å²) in [5, 5.41) is 13.0. The van der Waals surface area contributed by atoms with Crippen molar-refractivity contribution in [2.75, 3.05) is 12.4 Å². The van der Waals surface area contributed by atoms with Gasteiger partial charge in [-0.25, -0.2) is 0 Å². The van der Waals surface area contributed by atoms with Gasteiger partial charge >= 0.3 is 0 Å². The molecule has 0 saturated heterocycles. The Balaban J connectivity index is 2.26. The maximum Gasteiger partial charge on any atom is 0.259 e. The van der Waals surface area contributed by atoms with Gasteiger partial charge in [-0.2, -0.15) is 0 Å². The number of anilines is 1. The Hall–Kier alpha value is -1.91. The van der Waals surface area contributed by atoms with Crippen molar-refractivity contribution in [1.82, 2.24) is 0 Å². The van der Waals surface area contributed by atoms with Gasteiger partial charge in [-0.05, 0) is 24.3 Å². The average Bonchev–Trinajstić information content (AvgIpc) is 2.43. The molecule has 0 saturated carbocycles. The van der Waals surface area contributed by atoms with Crippen molar-refractivity contribution in [1.29, 1.82) is 0 Å². The Labute approximate surface area is 125 Å². The van der Waals surface area contributed by atoms with E-state index in [0.717, 1.165) is 0 Å². The molecule has 1 amide bonds. The van der Waals surface area contributed by atoms with E-state index < -0.39 is 5.91 Å². The molecule has 0 aromatic heterocycles. The minimum absolute atomic E-state index is 0.113. The Morgan fingerprint density at radius 1 is 1.25 bits per heavy atom. The fourth-order valence-electron chi connectivity index (χ4n) is 1.62. The van der Waals surface area contributed by atoms with Gasteiger partial charge in [-0.1, -0.05) is 29.3 Å². The van der Waals surface area contributed by atoms with Crippen LogP contribution in [0.15, 0.2) is 36.4 Å². The van der Waals surface area contributed by atoms with Crippen LogP contribution in [0, 0.1) is 0 Å². The van der Waals surface area contributed by atoms with Crippen molar-refractivity contribution in [3.63, 3.8) is 0 Å². The van der Waals surface area contributed by atoms with Crippen LogP contribution in [0.2, 0.25) is 10.0 Å². The predicted molar refractivity (Wildman–Crippen MR) is 79.1 cm³/mol. The highest BCUT2D eigenvalue weighted by Crippen LogP contribution is 2.31. The van der Waals surface area contributed by atoms with E-state index in [-0.39, 0.29) is 16.3 Å². The van der Waals surface area contributed by atoms with Gasteiger partial charge in [0.05, 0.1) is 28.4 Å². The molecular formula is C14H11Cl2NO3. The average molecular weight is 312 g/mol. The number of carbonyl (C=O) groups is 1. The molecule has 0 aliphatic carbocycles. The lowest BCUT2D eigenvalue weighted by atomic mass is 10.1. The van der Waals surface area contributed by atoms with Crippen LogP contribution in [0.25, 0.3) is 0 Å². The van der Waals surface area contributed by atoms with E-state index in [0.29, 0.717) is 16.5 Å². The van der Waals surface area contributed by atoms with Gasteiger partial charge in [0.1, 0.15) is 11.5 Å². The van der Waals surface area contributed by atoms with E-state index in [9.17, 15) is 9.90 Å². The molecular weight excluding hydrogens is 301 g/mol. The van der Waals surface area contributed by atoms with Crippen molar-refractivity contribution in [2.45, 2.75) is 0 Å². The molecule has 2 N–H and O–H groups in total. The Morgan fingerprint density at radius 2 is 2.00 bits per heavy atom. The summed E-state index contributed by atoms with van der Waals surface area (Å²) < 4.78 is 4.95. The normalized spacial score (nSPS) is 10.2. The highest BCUT2D eigenvalue weighted by Gasteiger charge is 2.14. The number of halogens is 2. The maximum absolute atomic E-state index is 12.1. The molecule has 104 valence electrons. The van der Waals surface area contributed by atoms with Crippen molar-refractivity contribution in [3.05, 3.63) is 52.0 Å².